The molecule has 0 aliphatic heterocycles. The molecule has 0 unspecified atom stereocenters. The lowest BCUT2D eigenvalue weighted by molar-refractivity contribution is 0.415. The highest BCUT2D eigenvalue weighted by Crippen LogP contribution is 2.26. The molecule has 41 heavy (non-hydrogen) atoms. The van der Waals surface area contributed by atoms with Crippen molar-refractivity contribution in [2.24, 2.45) is 9.98 Å². The summed E-state index contributed by atoms with van der Waals surface area (Å²) in [6, 6.07) is 35.1. The number of benzene rings is 4. The second-order valence-electron chi connectivity index (χ2n) is 10.5. The molecule has 0 radical (unpaired) electrons. The van der Waals surface area contributed by atoms with Crippen LogP contribution in [0.2, 0.25) is 0 Å². The number of methoxy groups -OCH3 is 1. The van der Waals surface area contributed by atoms with Crippen molar-refractivity contribution in [3.8, 4) is 5.75 Å². The number of aromatic nitrogens is 1. The predicted molar refractivity (Wildman–Crippen MR) is 171 cm³/mol. The minimum Gasteiger partial charge on any atom is -0.497 e. The number of ether oxygens (including phenoxy) is 1. The normalized spacial score (nSPS) is 12.0. The maximum absolute atomic E-state index is 5.42. The molecule has 4 aromatic carbocycles. The molecule has 0 fully saturated rings. The van der Waals surface area contributed by atoms with Gasteiger partial charge in [-0.2, -0.15) is 0 Å². The highest BCUT2D eigenvalue weighted by Gasteiger charge is 2.15. The lowest BCUT2D eigenvalue weighted by atomic mass is 10.0. The van der Waals surface area contributed by atoms with Crippen LogP contribution in [0.3, 0.4) is 0 Å². The first-order valence-corrected chi connectivity index (χ1v) is 13.8. The number of hydrogen-bond acceptors (Lipinski definition) is 4. The van der Waals surface area contributed by atoms with Gasteiger partial charge in [0.15, 0.2) is 0 Å². The Morgan fingerprint density at radius 1 is 0.537 bits per heavy atom. The van der Waals surface area contributed by atoms with E-state index in [2.05, 4.69) is 95.3 Å². The molecule has 0 saturated carbocycles. The van der Waals surface area contributed by atoms with Crippen molar-refractivity contribution in [1.82, 2.24) is 4.98 Å². The van der Waals surface area contributed by atoms with E-state index in [0.717, 1.165) is 62.2 Å². The van der Waals surface area contributed by atoms with Crippen LogP contribution in [0, 0.1) is 34.6 Å². The van der Waals surface area contributed by atoms with Gasteiger partial charge < -0.3 is 4.74 Å². The number of aryl methyl sites for hydroxylation is 5. The molecule has 0 bridgehead atoms. The van der Waals surface area contributed by atoms with E-state index in [0.29, 0.717) is 0 Å². The number of aliphatic imine (C=N–C) groups is 2. The zero-order valence-electron chi connectivity index (χ0n) is 24.6. The Kier molecular flexibility index (Phi) is 8.21. The van der Waals surface area contributed by atoms with Crippen LogP contribution in [-0.4, -0.2) is 23.5 Å². The van der Waals surface area contributed by atoms with E-state index in [9.17, 15) is 0 Å². The summed E-state index contributed by atoms with van der Waals surface area (Å²) >= 11 is 0. The van der Waals surface area contributed by atoms with Crippen molar-refractivity contribution in [3.05, 3.63) is 153 Å². The SMILES string of the molecule is COc1ccc(/C(=N\c2ccc(C)cc2C)c2cccc(/C(=N/c3ccc(C)cc3C)c3ccc(C)cc3)n2)cc1. The fraction of sp³-hybridized carbons (Fsp3) is 0.162. The Morgan fingerprint density at radius 3 is 1.41 bits per heavy atom. The third kappa shape index (κ3) is 6.50. The topological polar surface area (TPSA) is 46.8 Å². The summed E-state index contributed by atoms with van der Waals surface area (Å²) in [4.78, 5) is 15.5. The van der Waals surface area contributed by atoms with Crippen LogP contribution in [0.4, 0.5) is 11.4 Å². The summed E-state index contributed by atoms with van der Waals surface area (Å²) in [5, 5.41) is 0. The molecule has 1 heterocycles. The first-order valence-electron chi connectivity index (χ1n) is 13.8. The molecular weight excluding hydrogens is 502 g/mol. The minimum absolute atomic E-state index is 0.771. The van der Waals surface area contributed by atoms with Crippen LogP contribution in [0.1, 0.15) is 50.3 Å². The Bertz CT molecular complexity index is 1750. The third-order valence-corrected chi connectivity index (χ3v) is 7.09. The van der Waals surface area contributed by atoms with E-state index in [-0.39, 0.29) is 0 Å². The summed E-state index contributed by atoms with van der Waals surface area (Å²) in [5.74, 6) is 0.795. The number of hydrogen-bond donors (Lipinski definition) is 0. The molecule has 1 aromatic heterocycles. The van der Waals surface area contributed by atoms with E-state index in [1.54, 1.807) is 7.11 Å². The molecule has 5 rings (SSSR count). The van der Waals surface area contributed by atoms with Crippen molar-refractivity contribution in [2.75, 3.05) is 7.11 Å². The van der Waals surface area contributed by atoms with Crippen molar-refractivity contribution in [2.45, 2.75) is 34.6 Å². The Hall–Kier alpha value is -4.83. The maximum Gasteiger partial charge on any atom is 0.118 e. The summed E-state index contributed by atoms with van der Waals surface area (Å²) in [6.45, 7) is 10.5. The Morgan fingerprint density at radius 2 is 0.976 bits per heavy atom. The van der Waals surface area contributed by atoms with Gasteiger partial charge in [-0.15, -0.1) is 0 Å². The molecule has 0 aliphatic carbocycles. The van der Waals surface area contributed by atoms with Gasteiger partial charge in [0.1, 0.15) is 5.75 Å². The smallest absolute Gasteiger partial charge is 0.118 e. The average molecular weight is 538 g/mol. The Labute approximate surface area is 243 Å². The maximum atomic E-state index is 5.42. The Balaban J connectivity index is 1.69. The van der Waals surface area contributed by atoms with Crippen molar-refractivity contribution in [1.29, 1.82) is 0 Å². The second kappa shape index (κ2) is 12.1. The molecule has 0 N–H and O–H groups in total. The predicted octanol–water partition coefficient (Wildman–Crippen LogP) is 8.97. The van der Waals surface area contributed by atoms with Gasteiger partial charge >= 0.3 is 0 Å². The quantitative estimate of drug-likeness (QED) is 0.195. The van der Waals surface area contributed by atoms with Crippen LogP contribution < -0.4 is 4.74 Å². The molecule has 0 spiro atoms. The molecule has 4 nitrogen and oxygen atoms in total. The molecule has 0 saturated heterocycles. The summed E-state index contributed by atoms with van der Waals surface area (Å²) < 4.78 is 5.42. The summed E-state index contributed by atoms with van der Waals surface area (Å²) in [5.41, 5.74) is 12.8. The van der Waals surface area contributed by atoms with E-state index in [1.165, 1.54) is 16.7 Å². The van der Waals surface area contributed by atoms with E-state index in [1.807, 2.05) is 42.5 Å². The van der Waals surface area contributed by atoms with Crippen molar-refractivity contribution in [3.63, 3.8) is 0 Å². The lowest BCUT2D eigenvalue weighted by Crippen LogP contribution is -2.12. The van der Waals surface area contributed by atoms with Gasteiger partial charge in [0.2, 0.25) is 0 Å². The first kappa shape index (κ1) is 27.7. The fourth-order valence-corrected chi connectivity index (χ4v) is 4.80. The van der Waals surface area contributed by atoms with E-state index in [4.69, 9.17) is 19.7 Å². The molecule has 204 valence electrons. The molecule has 4 heteroatoms. The van der Waals surface area contributed by atoms with E-state index < -0.39 is 0 Å². The zero-order valence-corrected chi connectivity index (χ0v) is 24.6. The standard InChI is InChI=1S/C37H35N3O/c1-24-10-14-29(15-11-24)36(39-32-20-12-25(2)22-27(32)4)34-8-7-9-35(38-34)37(30-16-18-31(41-6)19-17-30)40-33-21-13-26(3)23-28(33)5/h7-23H,1-6H3/b39-36+,40-37+. The molecule has 0 atom stereocenters. The number of nitrogens with zero attached hydrogens (tertiary/aromatic N) is 3. The largest absolute Gasteiger partial charge is 0.497 e. The molecular formula is C37H35N3O. The third-order valence-electron chi connectivity index (χ3n) is 7.09. The van der Waals surface area contributed by atoms with Crippen LogP contribution in [-0.2, 0) is 0 Å². The van der Waals surface area contributed by atoms with Crippen LogP contribution in [0.15, 0.2) is 113 Å². The monoisotopic (exact) mass is 537 g/mol. The van der Waals surface area contributed by atoms with E-state index >= 15 is 0 Å². The number of pyridine rings is 1. The second-order valence-corrected chi connectivity index (χ2v) is 10.5. The van der Waals surface area contributed by atoms with Gasteiger partial charge in [-0.05, 0) is 94.3 Å². The van der Waals surface area contributed by atoms with Gasteiger partial charge in [0.05, 0.1) is 41.3 Å². The average Bonchev–Trinajstić information content (AvgIpc) is 2.97. The highest BCUT2D eigenvalue weighted by molar-refractivity contribution is 6.16. The first-order chi connectivity index (χ1) is 19.8. The van der Waals surface area contributed by atoms with Crippen molar-refractivity contribution >= 4 is 22.8 Å². The van der Waals surface area contributed by atoms with Gasteiger partial charge in [-0.3, -0.25) is 0 Å². The molecule has 0 amide bonds. The molecule has 0 aliphatic rings. The lowest BCUT2D eigenvalue weighted by Gasteiger charge is -2.13. The molecule has 5 aromatic rings. The van der Waals surface area contributed by atoms with Crippen LogP contribution >= 0.6 is 0 Å². The van der Waals surface area contributed by atoms with Gasteiger partial charge in [-0.1, -0.05) is 71.3 Å². The van der Waals surface area contributed by atoms with Crippen LogP contribution in [0.25, 0.3) is 0 Å². The fourth-order valence-electron chi connectivity index (χ4n) is 4.80. The summed E-state index contributed by atoms with van der Waals surface area (Å²) in [6.07, 6.45) is 0. The van der Waals surface area contributed by atoms with Crippen molar-refractivity contribution < 1.29 is 4.74 Å². The number of rotatable bonds is 7. The minimum atomic E-state index is 0.771. The van der Waals surface area contributed by atoms with Gasteiger partial charge in [0, 0.05) is 11.1 Å². The summed E-state index contributed by atoms with van der Waals surface area (Å²) in [7, 11) is 1.67. The zero-order chi connectivity index (χ0) is 28.9. The van der Waals surface area contributed by atoms with Crippen LogP contribution in [0.5, 0.6) is 5.75 Å². The van der Waals surface area contributed by atoms with Gasteiger partial charge in [-0.25, -0.2) is 15.0 Å². The van der Waals surface area contributed by atoms with Gasteiger partial charge in [0.25, 0.3) is 0 Å². The highest BCUT2D eigenvalue weighted by atomic mass is 16.5.